The van der Waals surface area contributed by atoms with E-state index in [2.05, 4.69) is 31.5 Å². The fourth-order valence-corrected chi connectivity index (χ4v) is 6.62. The van der Waals surface area contributed by atoms with Gasteiger partial charge in [0, 0.05) is 48.9 Å². The lowest BCUT2D eigenvalue weighted by molar-refractivity contribution is 0.192. The number of aromatic nitrogens is 3. The Labute approximate surface area is 247 Å². The van der Waals surface area contributed by atoms with E-state index in [1.165, 1.54) is 0 Å². The molecule has 0 atom stereocenters. The van der Waals surface area contributed by atoms with E-state index in [1.54, 1.807) is 13.3 Å². The molecular weight excluding hydrogens is 552 g/mol. The Hall–Kier alpha value is -3.62. The second-order valence-electron chi connectivity index (χ2n) is 11.5. The van der Waals surface area contributed by atoms with Crippen LogP contribution in [0.25, 0.3) is 11.0 Å². The van der Waals surface area contributed by atoms with Crippen molar-refractivity contribution in [2.24, 2.45) is 0 Å². The molecule has 1 fully saturated rings. The van der Waals surface area contributed by atoms with E-state index in [-0.39, 0.29) is 12.8 Å². The number of aromatic amines is 1. The number of anilines is 5. The fraction of sp³-hybridized carbons (Fsp3) is 0.419. The highest BCUT2D eigenvalue weighted by Gasteiger charge is 2.25. The average molecular weight is 594 g/mol. The summed E-state index contributed by atoms with van der Waals surface area (Å²) >= 11 is 0. The minimum atomic E-state index is -2.52. The quantitative estimate of drug-likeness (QED) is 0.173. The number of para-hydroxylation sites is 1. The second kappa shape index (κ2) is 12.7. The molecule has 0 bridgehead atoms. The van der Waals surface area contributed by atoms with Gasteiger partial charge in [-0.25, -0.2) is 4.39 Å². The van der Waals surface area contributed by atoms with Gasteiger partial charge in [0.15, 0.2) is 0 Å². The fourth-order valence-electron chi connectivity index (χ4n) is 5.46. The Kier molecular flexibility index (Phi) is 9.04. The number of ether oxygens (including phenoxy) is 1. The highest BCUT2D eigenvalue weighted by Crippen LogP contribution is 2.39. The maximum absolute atomic E-state index is 12.9. The Bertz CT molecular complexity index is 1560. The van der Waals surface area contributed by atoms with Gasteiger partial charge in [0.05, 0.1) is 22.9 Å². The summed E-state index contributed by atoms with van der Waals surface area (Å²) in [5.74, 6) is 1.82. The van der Waals surface area contributed by atoms with E-state index in [1.807, 2.05) is 69.6 Å². The van der Waals surface area contributed by atoms with Crippen molar-refractivity contribution in [2.75, 3.05) is 62.2 Å². The van der Waals surface area contributed by atoms with Crippen molar-refractivity contribution in [2.45, 2.75) is 38.8 Å². The third-order valence-corrected chi connectivity index (χ3v) is 9.15. The van der Waals surface area contributed by atoms with E-state index in [9.17, 15) is 8.96 Å². The molecule has 2 aromatic carbocycles. The number of rotatable bonds is 11. The molecule has 0 amide bonds. The summed E-state index contributed by atoms with van der Waals surface area (Å²) in [5, 5.41) is 8.36. The molecule has 42 heavy (non-hydrogen) atoms. The first kappa shape index (κ1) is 29.9. The van der Waals surface area contributed by atoms with Gasteiger partial charge in [-0.15, -0.1) is 0 Å². The number of piperidine rings is 1. The molecule has 0 aliphatic carbocycles. The normalized spacial score (nSPS) is 14.6. The molecule has 0 unspecified atom stereocenters. The van der Waals surface area contributed by atoms with Crippen molar-refractivity contribution in [1.29, 1.82) is 0 Å². The van der Waals surface area contributed by atoms with Gasteiger partial charge in [-0.2, -0.15) is 9.97 Å². The highest BCUT2D eigenvalue weighted by molar-refractivity contribution is 7.70. The minimum Gasteiger partial charge on any atom is -0.489 e. The smallest absolute Gasteiger partial charge is 0.231 e. The van der Waals surface area contributed by atoms with E-state index >= 15 is 0 Å². The molecule has 3 heterocycles. The molecule has 1 aliphatic rings. The summed E-state index contributed by atoms with van der Waals surface area (Å²) in [6.45, 7) is 9.49. The second-order valence-corrected chi connectivity index (χ2v) is 14.7. The monoisotopic (exact) mass is 593 g/mol. The topological polar surface area (TPSA) is 98.4 Å². The van der Waals surface area contributed by atoms with Crippen molar-refractivity contribution in [3.05, 3.63) is 54.7 Å². The molecule has 3 N–H and O–H groups in total. The molecule has 1 aliphatic heterocycles. The first-order valence-corrected chi connectivity index (χ1v) is 17.1. The van der Waals surface area contributed by atoms with Gasteiger partial charge in [-0.05, 0) is 77.4 Å². The summed E-state index contributed by atoms with van der Waals surface area (Å²) in [6.07, 6.45) is 3.78. The van der Waals surface area contributed by atoms with Crippen LogP contribution in [0.5, 0.6) is 5.75 Å². The summed E-state index contributed by atoms with van der Waals surface area (Å²) in [6, 6.07) is 16.0. The zero-order valence-corrected chi connectivity index (χ0v) is 25.9. The largest absolute Gasteiger partial charge is 0.489 e. The lowest BCUT2D eigenvalue weighted by Gasteiger charge is -2.38. The number of halogens is 1. The van der Waals surface area contributed by atoms with Gasteiger partial charge in [0.1, 0.15) is 31.0 Å². The molecule has 0 saturated carbocycles. The Balaban J connectivity index is 1.40. The number of nitrogens with zero attached hydrogens (tertiary/aromatic N) is 4. The third kappa shape index (κ3) is 6.88. The summed E-state index contributed by atoms with van der Waals surface area (Å²) in [7, 11) is -0.510. The van der Waals surface area contributed by atoms with Crippen molar-refractivity contribution < 1.29 is 13.7 Å². The van der Waals surface area contributed by atoms with Gasteiger partial charge in [-0.3, -0.25) is 0 Å². The van der Waals surface area contributed by atoms with Crippen molar-refractivity contribution in [3.63, 3.8) is 0 Å². The number of benzene rings is 2. The van der Waals surface area contributed by atoms with E-state index in [4.69, 9.17) is 14.7 Å². The average Bonchev–Trinajstić information content (AvgIpc) is 3.42. The van der Waals surface area contributed by atoms with Crippen LogP contribution < -0.4 is 25.6 Å². The first-order chi connectivity index (χ1) is 20.1. The third-order valence-electron chi connectivity index (χ3n) is 7.60. The first-order valence-electron chi connectivity index (χ1n) is 14.5. The zero-order valence-electron chi connectivity index (χ0n) is 25.0. The van der Waals surface area contributed by atoms with Gasteiger partial charge in [0.25, 0.3) is 0 Å². The van der Waals surface area contributed by atoms with Crippen LogP contribution in [0.15, 0.2) is 54.7 Å². The van der Waals surface area contributed by atoms with Crippen LogP contribution in [-0.4, -0.2) is 78.7 Å². The zero-order chi connectivity index (χ0) is 29.9. The van der Waals surface area contributed by atoms with Gasteiger partial charge in [-0.1, -0.05) is 12.1 Å². The van der Waals surface area contributed by atoms with Gasteiger partial charge < -0.3 is 34.7 Å². The standard InChI is InChI=1S/C31H41FN7O2P/c1-21(2)41-27-20-22(10-11-26(27)39-17-13-23(14-18-39)38(3)19-15-32)34-31-36-29-24(12-16-33-29)30(37-31)35-25-8-6-7-9-28(25)42(4,5)40/h6-12,16,20-21,23H,13-15,17-19H2,1-5H3,(H3,33,34,35,36,37). The van der Waals surface area contributed by atoms with Crippen LogP contribution in [0.1, 0.15) is 26.7 Å². The summed E-state index contributed by atoms with van der Waals surface area (Å²) < 4.78 is 32.1. The van der Waals surface area contributed by atoms with E-state index in [0.717, 1.165) is 59.4 Å². The molecule has 9 nitrogen and oxygen atoms in total. The Morgan fingerprint density at radius 3 is 2.60 bits per heavy atom. The maximum atomic E-state index is 12.9. The number of fused-ring (bicyclic) bond motifs is 1. The lowest BCUT2D eigenvalue weighted by atomic mass is 10.0. The summed E-state index contributed by atoms with van der Waals surface area (Å²) in [5.41, 5.74) is 3.29. The lowest BCUT2D eigenvalue weighted by Crippen LogP contribution is -2.44. The number of H-pyrrole nitrogens is 1. The van der Waals surface area contributed by atoms with Crippen LogP contribution in [0.3, 0.4) is 0 Å². The Morgan fingerprint density at radius 2 is 1.88 bits per heavy atom. The van der Waals surface area contributed by atoms with Crippen LogP contribution in [0.2, 0.25) is 0 Å². The molecule has 4 aromatic rings. The molecule has 0 radical (unpaired) electrons. The summed E-state index contributed by atoms with van der Waals surface area (Å²) in [4.78, 5) is 17.2. The van der Waals surface area contributed by atoms with Gasteiger partial charge in [0.2, 0.25) is 5.95 Å². The van der Waals surface area contributed by atoms with Crippen LogP contribution in [0, 0.1) is 0 Å². The molecule has 224 valence electrons. The van der Waals surface area contributed by atoms with Crippen molar-refractivity contribution in [1.82, 2.24) is 19.9 Å². The number of nitrogens with one attached hydrogen (secondary N) is 3. The molecule has 5 rings (SSSR count). The number of hydrogen-bond acceptors (Lipinski definition) is 8. The molecule has 11 heteroatoms. The van der Waals surface area contributed by atoms with Crippen molar-refractivity contribution in [3.8, 4) is 5.75 Å². The molecule has 2 aromatic heterocycles. The Morgan fingerprint density at radius 1 is 1.12 bits per heavy atom. The van der Waals surface area contributed by atoms with Gasteiger partial charge >= 0.3 is 0 Å². The maximum Gasteiger partial charge on any atom is 0.231 e. The number of hydrogen-bond donors (Lipinski definition) is 3. The van der Waals surface area contributed by atoms with Crippen LogP contribution in [0.4, 0.5) is 33.2 Å². The SMILES string of the molecule is CC(C)Oc1cc(Nc2nc(Nc3ccccc3P(C)(C)=O)c3cc[nH]c3n2)ccc1N1CCC(N(C)CCF)CC1. The van der Waals surface area contributed by atoms with E-state index < -0.39 is 7.14 Å². The predicted molar refractivity (Wildman–Crippen MR) is 172 cm³/mol. The number of alkyl halides is 1. The molecule has 0 spiro atoms. The predicted octanol–water partition coefficient (Wildman–Crippen LogP) is 6.35. The van der Waals surface area contributed by atoms with Crippen LogP contribution >= 0.6 is 7.14 Å². The minimum absolute atomic E-state index is 0.00252. The van der Waals surface area contributed by atoms with Crippen LogP contribution in [-0.2, 0) is 4.57 Å². The highest BCUT2D eigenvalue weighted by atomic mass is 31.2. The van der Waals surface area contributed by atoms with Crippen molar-refractivity contribution >= 4 is 52.3 Å². The molecule has 1 saturated heterocycles. The molecular formula is C31H41FN7O2P. The van der Waals surface area contributed by atoms with E-state index in [0.29, 0.717) is 30.0 Å².